The van der Waals surface area contributed by atoms with E-state index in [4.69, 9.17) is 5.73 Å². The number of urea groups is 1. The molecule has 0 heterocycles. The Labute approximate surface area is 91.8 Å². The van der Waals surface area contributed by atoms with E-state index < -0.39 is 6.03 Å². The van der Waals surface area contributed by atoms with Gasteiger partial charge in [0.05, 0.1) is 0 Å². The number of carbonyl (C=O) groups excluding carboxylic acids is 1. The Morgan fingerprint density at radius 3 is 2.60 bits per heavy atom. The van der Waals surface area contributed by atoms with E-state index in [0.29, 0.717) is 0 Å². The Bertz CT molecular complexity index is 499. The summed E-state index contributed by atoms with van der Waals surface area (Å²) in [5.41, 5.74) is 4.98. The first-order valence-corrected chi connectivity index (χ1v) is 5.28. The highest BCUT2D eigenvalue weighted by Gasteiger charge is 1.98. The van der Waals surface area contributed by atoms with Crippen molar-refractivity contribution in [1.29, 1.82) is 0 Å². The van der Waals surface area contributed by atoms with Gasteiger partial charge < -0.3 is 5.73 Å². The molecular weight excluding hydrogens is 208 g/mol. The van der Waals surface area contributed by atoms with E-state index in [2.05, 4.69) is 4.72 Å². The Balaban J connectivity index is 2.26. The molecular formula is C11H10N2OS. The van der Waals surface area contributed by atoms with Crippen LogP contribution in [0.2, 0.25) is 0 Å². The molecule has 0 radical (unpaired) electrons. The van der Waals surface area contributed by atoms with Crippen LogP contribution in [0, 0.1) is 0 Å². The van der Waals surface area contributed by atoms with E-state index in [1.54, 1.807) is 0 Å². The summed E-state index contributed by atoms with van der Waals surface area (Å²) < 4.78 is 2.48. The maximum absolute atomic E-state index is 10.5. The van der Waals surface area contributed by atoms with Gasteiger partial charge in [-0.25, -0.2) is 4.79 Å². The molecule has 0 bridgehead atoms. The lowest BCUT2D eigenvalue weighted by Crippen LogP contribution is -2.22. The minimum Gasteiger partial charge on any atom is -0.351 e. The monoisotopic (exact) mass is 218 g/mol. The van der Waals surface area contributed by atoms with Gasteiger partial charge in [-0.1, -0.05) is 30.3 Å². The van der Waals surface area contributed by atoms with Gasteiger partial charge in [0.25, 0.3) is 0 Å². The van der Waals surface area contributed by atoms with Gasteiger partial charge >= 0.3 is 6.03 Å². The summed E-state index contributed by atoms with van der Waals surface area (Å²) in [5.74, 6) is 0. The molecule has 0 fully saturated rings. The third kappa shape index (κ3) is 2.41. The molecule has 3 N–H and O–H groups in total. The first kappa shape index (κ1) is 9.86. The van der Waals surface area contributed by atoms with Gasteiger partial charge in [-0.2, -0.15) is 0 Å². The molecule has 0 saturated heterocycles. The first-order valence-electron chi connectivity index (χ1n) is 4.47. The molecule has 0 aliphatic carbocycles. The van der Waals surface area contributed by atoms with Crippen LogP contribution in [0.4, 0.5) is 4.79 Å². The van der Waals surface area contributed by atoms with Crippen LogP contribution < -0.4 is 10.5 Å². The number of carbonyl (C=O) groups is 1. The second kappa shape index (κ2) is 4.23. The van der Waals surface area contributed by atoms with Gasteiger partial charge in [0.15, 0.2) is 0 Å². The molecule has 4 heteroatoms. The normalized spacial score (nSPS) is 10.1. The SMILES string of the molecule is NC(=O)NSc1ccc2ccccc2c1. The summed E-state index contributed by atoms with van der Waals surface area (Å²) in [6.45, 7) is 0. The second-order valence-electron chi connectivity index (χ2n) is 3.08. The number of hydrogen-bond acceptors (Lipinski definition) is 2. The van der Waals surface area contributed by atoms with E-state index in [0.717, 1.165) is 10.3 Å². The van der Waals surface area contributed by atoms with Crippen LogP contribution in [0.15, 0.2) is 47.4 Å². The van der Waals surface area contributed by atoms with Gasteiger partial charge in [0.1, 0.15) is 0 Å². The van der Waals surface area contributed by atoms with E-state index in [-0.39, 0.29) is 0 Å². The molecule has 3 nitrogen and oxygen atoms in total. The maximum atomic E-state index is 10.5. The molecule has 0 saturated carbocycles. The molecule has 76 valence electrons. The predicted molar refractivity (Wildman–Crippen MR) is 62.5 cm³/mol. The van der Waals surface area contributed by atoms with Crippen molar-refractivity contribution in [2.45, 2.75) is 4.90 Å². The van der Waals surface area contributed by atoms with Crippen molar-refractivity contribution in [2.24, 2.45) is 5.73 Å². The zero-order valence-corrected chi connectivity index (χ0v) is 8.75. The summed E-state index contributed by atoms with van der Waals surface area (Å²) in [6.07, 6.45) is 0. The topological polar surface area (TPSA) is 55.1 Å². The highest BCUT2D eigenvalue weighted by molar-refractivity contribution is 7.98. The summed E-state index contributed by atoms with van der Waals surface area (Å²) in [6, 6.07) is 13.5. The lowest BCUT2D eigenvalue weighted by atomic mass is 10.1. The third-order valence-corrected chi connectivity index (χ3v) is 2.78. The number of fused-ring (bicyclic) bond motifs is 1. The zero-order chi connectivity index (χ0) is 10.7. The van der Waals surface area contributed by atoms with E-state index in [1.807, 2.05) is 42.5 Å². The molecule has 2 amide bonds. The number of nitrogens with one attached hydrogen (secondary N) is 1. The van der Waals surface area contributed by atoms with Crippen LogP contribution in [0.1, 0.15) is 0 Å². The smallest absolute Gasteiger partial charge is 0.322 e. The van der Waals surface area contributed by atoms with E-state index >= 15 is 0 Å². The number of primary amides is 1. The number of benzene rings is 2. The van der Waals surface area contributed by atoms with Gasteiger partial charge in [0.2, 0.25) is 0 Å². The molecule has 15 heavy (non-hydrogen) atoms. The van der Waals surface area contributed by atoms with Crippen LogP contribution >= 0.6 is 11.9 Å². The summed E-state index contributed by atoms with van der Waals surface area (Å²) in [4.78, 5) is 11.5. The Morgan fingerprint density at radius 2 is 1.87 bits per heavy atom. The van der Waals surface area contributed by atoms with Crippen molar-refractivity contribution < 1.29 is 4.79 Å². The van der Waals surface area contributed by atoms with Gasteiger partial charge in [-0.05, 0) is 34.9 Å². The lowest BCUT2D eigenvalue weighted by molar-refractivity contribution is 0.254. The Morgan fingerprint density at radius 1 is 1.13 bits per heavy atom. The van der Waals surface area contributed by atoms with Crippen LogP contribution in [0.3, 0.4) is 0 Å². The summed E-state index contributed by atoms with van der Waals surface area (Å²) >= 11 is 1.22. The van der Waals surface area contributed by atoms with E-state index in [9.17, 15) is 4.79 Å². The number of nitrogens with two attached hydrogens (primary N) is 1. The number of rotatable bonds is 2. The van der Waals surface area contributed by atoms with Crippen LogP contribution in [-0.2, 0) is 0 Å². The standard InChI is InChI=1S/C11H10N2OS/c12-11(14)13-15-10-6-5-8-3-1-2-4-9(8)7-10/h1-7H,(H3,12,13,14). The van der Waals surface area contributed by atoms with Crippen molar-refractivity contribution in [2.75, 3.05) is 0 Å². The molecule has 2 aromatic carbocycles. The minimum absolute atomic E-state index is 0.534. The van der Waals surface area contributed by atoms with Crippen molar-refractivity contribution >= 4 is 28.8 Å². The van der Waals surface area contributed by atoms with Crippen molar-refractivity contribution in [3.05, 3.63) is 42.5 Å². The largest absolute Gasteiger partial charge is 0.351 e. The highest BCUT2D eigenvalue weighted by atomic mass is 32.2. The van der Waals surface area contributed by atoms with Gasteiger partial charge in [-0.15, -0.1) is 0 Å². The van der Waals surface area contributed by atoms with E-state index in [1.165, 1.54) is 17.3 Å². The number of amides is 2. The Hall–Kier alpha value is -1.68. The molecule has 2 rings (SSSR count). The highest BCUT2D eigenvalue weighted by Crippen LogP contribution is 2.21. The van der Waals surface area contributed by atoms with Crippen LogP contribution in [0.5, 0.6) is 0 Å². The molecule has 0 aliphatic rings. The molecule has 0 spiro atoms. The van der Waals surface area contributed by atoms with Gasteiger partial charge in [-0.3, -0.25) is 4.72 Å². The molecule has 0 atom stereocenters. The van der Waals surface area contributed by atoms with Crippen molar-refractivity contribution in [3.8, 4) is 0 Å². The molecule has 0 unspecified atom stereocenters. The first-order chi connectivity index (χ1) is 7.25. The average molecular weight is 218 g/mol. The Kier molecular flexibility index (Phi) is 2.78. The molecule has 2 aromatic rings. The molecule has 0 aliphatic heterocycles. The molecule has 0 aromatic heterocycles. The fraction of sp³-hybridized carbons (Fsp3) is 0. The van der Waals surface area contributed by atoms with Gasteiger partial charge in [0, 0.05) is 4.90 Å². The fourth-order valence-electron chi connectivity index (χ4n) is 1.34. The van der Waals surface area contributed by atoms with Crippen LogP contribution in [-0.4, -0.2) is 6.03 Å². The summed E-state index contributed by atoms with van der Waals surface area (Å²) in [5, 5.41) is 2.33. The average Bonchev–Trinajstić information content (AvgIpc) is 2.26. The van der Waals surface area contributed by atoms with Crippen molar-refractivity contribution in [3.63, 3.8) is 0 Å². The van der Waals surface area contributed by atoms with Crippen LogP contribution in [0.25, 0.3) is 10.8 Å². The quantitative estimate of drug-likeness (QED) is 0.761. The predicted octanol–water partition coefficient (Wildman–Crippen LogP) is 2.52. The maximum Gasteiger partial charge on any atom is 0.322 e. The third-order valence-electron chi connectivity index (χ3n) is 1.99. The zero-order valence-electron chi connectivity index (χ0n) is 7.94. The number of hydrogen-bond donors (Lipinski definition) is 2. The van der Waals surface area contributed by atoms with Crippen molar-refractivity contribution in [1.82, 2.24) is 4.72 Å². The lowest BCUT2D eigenvalue weighted by Gasteiger charge is -2.02. The summed E-state index contributed by atoms with van der Waals surface area (Å²) in [7, 11) is 0. The minimum atomic E-state index is -0.534. The fourth-order valence-corrected chi connectivity index (χ4v) is 1.88. The second-order valence-corrected chi connectivity index (χ2v) is 3.96.